The molecule has 1 fully saturated rings. The molecular formula is C10H14ClN3S. The van der Waals surface area contributed by atoms with Crippen molar-refractivity contribution >= 4 is 29.2 Å². The molecule has 1 heterocycles. The number of nitrogens with zero attached hydrogens (tertiary/aromatic N) is 3. The number of rotatable bonds is 3. The fourth-order valence-electron chi connectivity index (χ4n) is 1.62. The van der Waals surface area contributed by atoms with Crippen LogP contribution in [0.1, 0.15) is 19.3 Å². The van der Waals surface area contributed by atoms with Gasteiger partial charge < -0.3 is 4.90 Å². The smallest absolute Gasteiger partial charge is 0.190 e. The minimum absolute atomic E-state index is 0.524. The second kappa shape index (κ2) is 4.58. The number of thioether (sulfide) groups is 1. The van der Waals surface area contributed by atoms with E-state index in [9.17, 15) is 0 Å². The molecule has 0 spiro atoms. The van der Waals surface area contributed by atoms with Gasteiger partial charge >= 0.3 is 0 Å². The van der Waals surface area contributed by atoms with Crippen molar-refractivity contribution in [1.29, 1.82) is 0 Å². The van der Waals surface area contributed by atoms with Crippen LogP contribution in [0, 0.1) is 0 Å². The second-order valence-electron chi connectivity index (χ2n) is 3.73. The van der Waals surface area contributed by atoms with Gasteiger partial charge in [0, 0.05) is 19.2 Å². The first kappa shape index (κ1) is 11.0. The molecule has 3 nitrogen and oxygen atoms in total. The number of anilines is 1. The predicted molar refractivity (Wildman–Crippen MR) is 64.9 cm³/mol. The van der Waals surface area contributed by atoms with Gasteiger partial charge in [-0.15, -0.1) is 0 Å². The molecule has 1 saturated carbocycles. The van der Waals surface area contributed by atoms with Gasteiger partial charge in [0.25, 0.3) is 0 Å². The van der Waals surface area contributed by atoms with E-state index in [-0.39, 0.29) is 0 Å². The van der Waals surface area contributed by atoms with Crippen LogP contribution in [0.5, 0.6) is 0 Å². The molecule has 0 unspecified atom stereocenters. The van der Waals surface area contributed by atoms with Crippen LogP contribution in [0.4, 0.5) is 5.82 Å². The molecule has 0 aliphatic heterocycles. The van der Waals surface area contributed by atoms with Gasteiger partial charge in [0.2, 0.25) is 0 Å². The molecule has 0 amide bonds. The number of aromatic nitrogens is 2. The molecule has 5 heteroatoms. The zero-order valence-corrected chi connectivity index (χ0v) is 10.5. The molecule has 0 radical (unpaired) electrons. The molecule has 15 heavy (non-hydrogen) atoms. The van der Waals surface area contributed by atoms with Crippen LogP contribution in [0.2, 0.25) is 5.15 Å². The van der Waals surface area contributed by atoms with Crippen LogP contribution >= 0.6 is 23.4 Å². The summed E-state index contributed by atoms with van der Waals surface area (Å²) in [6.45, 7) is 0. The van der Waals surface area contributed by atoms with Crippen LogP contribution in [0.15, 0.2) is 11.2 Å². The van der Waals surface area contributed by atoms with E-state index >= 15 is 0 Å². The Morgan fingerprint density at radius 2 is 2.20 bits per heavy atom. The molecule has 1 aliphatic rings. The van der Waals surface area contributed by atoms with Crippen LogP contribution < -0.4 is 4.90 Å². The van der Waals surface area contributed by atoms with Crippen LogP contribution in [0.25, 0.3) is 0 Å². The zero-order valence-electron chi connectivity index (χ0n) is 8.90. The summed E-state index contributed by atoms with van der Waals surface area (Å²) in [6.07, 6.45) is 5.79. The lowest BCUT2D eigenvalue weighted by atomic mass is 9.92. The van der Waals surface area contributed by atoms with Crippen molar-refractivity contribution in [1.82, 2.24) is 9.97 Å². The van der Waals surface area contributed by atoms with Crippen molar-refractivity contribution in [2.45, 2.75) is 30.5 Å². The standard InChI is InChI=1S/C10H14ClN3S/c1-14(7-4-3-5-7)9-6-8(11)12-10(13-9)15-2/h6-7H,3-5H2,1-2H3. The van der Waals surface area contributed by atoms with E-state index in [0.717, 1.165) is 11.0 Å². The third kappa shape index (κ3) is 2.37. The summed E-state index contributed by atoms with van der Waals surface area (Å²) in [5, 5.41) is 1.26. The lowest BCUT2D eigenvalue weighted by Gasteiger charge is -2.35. The number of hydrogen-bond acceptors (Lipinski definition) is 4. The summed E-state index contributed by atoms with van der Waals surface area (Å²) in [4.78, 5) is 10.8. The fraction of sp³-hybridized carbons (Fsp3) is 0.600. The Morgan fingerprint density at radius 3 is 2.73 bits per heavy atom. The summed E-state index contributed by atoms with van der Waals surface area (Å²) < 4.78 is 0. The SMILES string of the molecule is CSc1nc(Cl)cc(N(C)C2CCC2)n1. The van der Waals surface area contributed by atoms with Crippen LogP contribution in [-0.4, -0.2) is 29.3 Å². The first-order chi connectivity index (χ1) is 7.20. The van der Waals surface area contributed by atoms with Crippen LogP contribution in [0.3, 0.4) is 0 Å². The molecule has 0 N–H and O–H groups in total. The van der Waals surface area contributed by atoms with Gasteiger partial charge in [0.1, 0.15) is 11.0 Å². The second-order valence-corrected chi connectivity index (χ2v) is 4.89. The molecule has 1 aromatic rings. The van der Waals surface area contributed by atoms with Gasteiger partial charge in [-0.1, -0.05) is 23.4 Å². The van der Waals surface area contributed by atoms with Gasteiger partial charge in [0.05, 0.1) is 0 Å². The van der Waals surface area contributed by atoms with E-state index in [1.54, 1.807) is 0 Å². The van der Waals surface area contributed by atoms with E-state index in [4.69, 9.17) is 11.6 Å². The van der Waals surface area contributed by atoms with Crippen molar-refractivity contribution in [2.75, 3.05) is 18.2 Å². The topological polar surface area (TPSA) is 29.0 Å². The Hall–Kier alpha value is -0.480. The molecular weight excluding hydrogens is 230 g/mol. The van der Waals surface area contributed by atoms with Gasteiger partial charge in [-0.25, -0.2) is 9.97 Å². The van der Waals surface area contributed by atoms with E-state index in [0.29, 0.717) is 11.2 Å². The van der Waals surface area contributed by atoms with E-state index in [1.165, 1.54) is 31.0 Å². The summed E-state index contributed by atoms with van der Waals surface area (Å²) in [5.74, 6) is 0.934. The number of halogens is 1. The maximum atomic E-state index is 5.95. The first-order valence-corrected chi connectivity index (χ1v) is 6.62. The minimum atomic E-state index is 0.524. The molecule has 82 valence electrons. The molecule has 0 saturated heterocycles. The monoisotopic (exact) mass is 243 g/mol. The highest BCUT2D eigenvalue weighted by Gasteiger charge is 2.23. The third-order valence-corrected chi connectivity index (χ3v) is 3.57. The Bertz CT molecular complexity index is 355. The lowest BCUT2D eigenvalue weighted by molar-refractivity contribution is 0.398. The molecule has 2 rings (SSSR count). The zero-order chi connectivity index (χ0) is 10.8. The van der Waals surface area contributed by atoms with E-state index < -0.39 is 0 Å². The van der Waals surface area contributed by atoms with Crippen molar-refractivity contribution in [3.8, 4) is 0 Å². The van der Waals surface area contributed by atoms with E-state index in [2.05, 4.69) is 21.9 Å². The normalized spacial score (nSPS) is 16.2. The van der Waals surface area contributed by atoms with Crippen molar-refractivity contribution < 1.29 is 0 Å². The average molecular weight is 244 g/mol. The third-order valence-electron chi connectivity index (χ3n) is 2.83. The summed E-state index contributed by atoms with van der Waals surface area (Å²) >= 11 is 7.47. The lowest BCUT2D eigenvalue weighted by Crippen LogP contribution is -2.37. The minimum Gasteiger partial charge on any atom is -0.357 e. The van der Waals surface area contributed by atoms with Crippen molar-refractivity contribution in [3.05, 3.63) is 11.2 Å². The molecule has 1 aromatic heterocycles. The average Bonchev–Trinajstić information content (AvgIpc) is 2.14. The van der Waals surface area contributed by atoms with Gasteiger partial charge in [-0.2, -0.15) is 0 Å². The highest BCUT2D eigenvalue weighted by atomic mass is 35.5. The van der Waals surface area contributed by atoms with E-state index in [1.807, 2.05) is 12.3 Å². The Balaban J connectivity index is 2.22. The first-order valence-electron chi connectivity index (χ1n) is 5.02. The molecule has 0 aromatic carbocycles. The Morgan fingerprint density at radius 1 is 1.47 bits per heavy atom. The maximum absolute atomic E-state index is 5.95. The highest BCUT2D eigenvalue weighted by molar-refractivity contribution is 7.98. The van der Waals surface area contributed by atoms with Gasteiger partial charge in [0.15, 0.2) is 5.16 Å². The largest absolute Gasteiger partial charge is 0.357 e. The predicted octanol–water partition coefficient (Wildman–Crippen LogP) is 2.84. The fourth-order valence-corrected chi connectivity index (χ4v) is 2.22. The van der Waals surface area contributed by atoms with Crippen molar-refractivity contribution in [2.24, 2.45) is 0 Å². The maximum Gasteiger partial charge on any atom is 0.190 e. The summed E-state index contributed by atoms with van der Waals surface area (Å²) in [7, 11) is 2.08. The summed E-state index contributed by atoms with van der Waals surface area (Å²) in [6, 6.07) is 2.46. The van der Waals surface area contributed by atoms with Gasteiger partial charge in [-0.05, 0) is 25.5 Å². The van der Waals surface area contributed by atoms with Crippen LogP contribution in [-0.2, 0) is 0 Å². The molecule has 1 aliphatic carbocycles. The highest BCUT2D eigenvalue weighted by Crippen LogP contribution is 2.28. The molecule has 0 atom stereocenters. The Kier molecular flexibility index (Phi) is 3.36. The van der Waals surface area contributed by atoms with Crippen molar-refractivity contribution in [3.63, 3.8) is 0 Å². The summed E-state index contributed by atoms with van der Waals surface area (Å²) in [5.41, 5.74) is 0. The number of hydrogen-bond donors (Lipinski definition) is 0. The quantitative estimate of drug-likeness (QED) is 0.464. The van der Waals surface area contributed by atoms with Gasteiger partial charge in [-0.3, -0.25) is 0 Å². The Labute approximate surface area is 99.2 Å². The molecule has 0 bridgehead atoms.